The van der Waals surface area contributed by atoms with Crippen molar-refractivity contribution < 1.29 is 9.18 Å². The lowest BCUT2D eigenvalue weighted by atomic mass is 10.2. The first-order chi connectivity index (χ1) is 7.06. The van der Waals surface area contributed by atoms with Crippen molar-refractivity contribution in [2.45, 2.75) is 13.3 Å². The second-order valence-electron chi connectivity index (χ2n) is 3.36. The Bertz CT molecular complexity index is 368. The van der Waals surface area contributed by atoms with Gasteiger partial charge in [0.25, 0.3) is 5.91 Å². The van der Waals surface area contributed by atoms with Crippen LogP contribution < -0.4 is 0 Å². The van der Waals surface area contributed by atoms with Gasteiger partial charge in [-0.15, -0.1) is 0 Å². The van der Waals surface area contributed by atoms with Gasteiger partial charge in [0.1, 0.15) is 5.82 Å². The summed E-state index contributed by atoms with van der Waals surface area (Å²) in [5.74, 6) is -0.750. The molecule has 0 N–H and O–H groups in total. The molecule has 2 nitrogen and oxygen atoms in total. The van der Waals surface area contributed by atoms with Crippen LogP contribution in [-0.2, 0) is 0 Å². The van der Waals surface area contributed by atoms with E-state index in [1.165, 1.54) is 12.1 Å². The molecule has 0 saturated carbocycles. The van der Waals surface area contributed by atoms with Crippen LogP contribution in [-0.4, -0.2) is 24.4 Å². The zero-order valence-electron chi connectivity index (χ0n) is 8.76. The first-order valence-electron chi connectivity index (χ1n) is 4.76. The molecular formula is C11H13ClFNO. The van der Waals surface area contributed by atoms with Crippen LogP contribution in [0, 0.1) is 5.82 Å². The summed E-state index contributed by atoms with van der Waals surface area (Å²) < 4.78 is 13.1. The van der Waals surface area contributed by atoms with Crippen LogP contribution in [0.1, 0.15) is 23.7 Å². The van der Waals surface area contributed by atoms with E-state index in [0.717, 1.165) is 12.5 Å². The number of carbonyl (C=O) groups excluding carboxylic acids is 1. The molecule has 0 atom stereocenters. The van der Waals surface area contributed by atoms with E-state index in [1.807, 2.05) is 6.92 Å². The van der Waals surface area contributed by atoms with Crippen molar-refractivity contribution in [1.82, 2.24) is 4.90 Å². The molecule has 82 valence electrons. The van der Waals surface area contributed by atoms with Gasteiger partial charge in [0.05, 0.1) is 5.02 Å². The van der Waals surface area contributed by atoms with Crippen molar-refractivity contribution in [3.05, 3.63) is 34.6 Å². The third-order valence-corrected chi connectivity index (χ3v) is 2.38. The van der Waals surface area contributed by atoms with E-state index in [1.54, 1.807) is 11.9 Å². The number of amides is 1. The molecule has 1 aromatic carbocycles. The summed E-state index contributed by atoms with van der Waals surface area (Å²) in [5, 5.41) is 0.0321. The molecule has 4 heteroatoms. The Morgan fingerprint density at radius 3 is 2.73 bits per heavy atom. The monoisotopic (exact) mass is 229 g/mol. The van der Waals surface area contributed by atoms with Gasteiger partial charge in [-0.05, 0) is 24.6 Å². The molecule has 0 spiro atoms. The van der Waals surface area contributed by atoms with Gasteiger partial charge in [0, 0.05) is 19.2 Å². The highest BCUT2D eigenvalue weighted by Gasteiger charge is 2.12. The van der Waals surface area contributed by atoms with E-state index >= 15 is 0 Å². The molecule has 0 heterocycles. The normalized spacial score (nSPS) is 10.1. The van der Waals surface area contributed by atoms with Gasteiger partial charge in [0.15, 0.2) is 0 Å². The summed E-state index contributed by atoms with van der Waals surface area (Å²) in [6.45, 7) is 2.63. The number of halogens is 2. The van der Waals surface area contributed by atoms with Crippen LogP contribution in [0.15, 0.2) is 18.2 Å². The van der Waals surface area contributed by atoms with Crippen LogP contribution >= 0.6 is 11.6 Å². The Morgan fingerprint density at radius 2 is 2.20 bits per heavy atom. The Kier molecular flexibility index (Phi) is 4.09. The second kappa shape index (κ2) is 5.12. The van der Waals surface area contributed by atoms with Gasteiger partial charge >= 0.3 is 0 Å². The summed E-state index contributed by atoms with van der Waals surface area (Å²) in [4.78, 5) is 13.3. The van der Waals surface area contributed by atoms with Crippen LogP contribution in [0.3, 0.4) is 0 Å². The molecule has 0 bridgehead atoms. The molecule has 0 aliphatic carbocycles. The van der Waals surface area contributed by atoms with Gasteiger partial charge in [-0.2, -0.15) is 0 Å². The van der Waals surface area contributed by atoms with Crippen LogP contribution in [0.25, 0.3) is 0 Å². The van der Waals surface area contributed by atoms with E-state index in [4.69, 9.17) is 11.6 Å². The predicted molar refractivity (Wildman–Crippen MR) is 58.7 cm³/mol. The predicted octanol–water partition coefficient (Wildman–Crippen LogP) is 2.96. The molecule has 0 aromatic heterocycles. The number of hydrogen-bond acceptors (Lipinski definition) is 1. The molecule has 0 fully saturated rings. The third-order valence-electron chi connectivity index (χ3n) is 2.07. The molecule has 0 aliphatic rings. The third kappa shape index (κ3) is 2.93. The zero-order valence-corrected chi connectivity index (χ0v) is 9.51. The van der Waals surface area contributed by atoms with E-state index in [-0.39, 0.29) is 10.9 Å². The Balaban J connectivity index is 2.87. The fourth-order valence-electron chi connectivity index (χ4n) is 1.29. The highest BCUT2D eigenvalue weighted by molar-refractivity contribution is 6.30. The lowest BCUT2D eigenvalue weighted by Crippen LogP contribution is -2.27. The molecule has 1 aromatic rings. The maximum atomic E-state index is 13.1. The Hall–Kier alpha value is -1.09. The summed E-state index contributed by atoms with van der Waals surface area (Å²) in [6, 6.07) is 4.08. The van der Waals surface area contributed by atoms with E-state index in [9.17, 15) is 9.18 Å². The summed E-state index contributed by atoms with van der Waals surface area (Å²) in [7, 11) is 1.69. The van der Waals surface area contributed by atoms with Crippen molar-refractivity contribution in [2.75, 3.05) is 13.6 Å². The van der Waals surface area contributed by atoms with Gasteiger partial charge in [-0.25, -0.2) is 4.39 Å². The fourth-order valence-corrected chi connectivity index (χ4v) is 1.40. The van der Waals surface area contributed by atoms with Crippen molar-refractivity contribution in [2.24, 2.45) is 0 Å². The zero-order chi connectivity index (χ0) is 11.4. The van der Waals surface area contributed by atoms with Crippen molar-refractivity contribution in [3.63, 3.8) is 0 Å². The fraction of sp³-hybridized carbons (Fsp3) is 0.364. The molecule has 0 unspecified atom stereocenters. The molecule has 0 aliphatic heterocycles. The number of nitrogens with zero attached hydrogens (tertiary/aromatic N) is 1. The van der Waals surface area contributed by atoms with Gasteiger partial charge in [-0.3, -0.25) is 4.79 Å². The standard InChI is InChI=1S/C11H13ClFNO/c1-3-6-14(2)11(15)8-4-5-9(12)10(13)7-8/h4-5,7H,3,6H2,1-2H3. The number of rotatable bonds is 3. The van der Waals surface area contributed by atoms with Gasteiger partial charge in [0.2, 0.25) is 0 Å². The highest BCUT2D eigenvalue weighted by atomic mass is 35.5. The number of carbonyl (C=O) groups is 1. The van der Waals surface area contributed by atoms with Crippen molar-refractivity contribution in [3.8, 4) is 0 Å². The number of hydrogen-bond donors (Lipinski definition) is 0. The lowest BCUT2D eigenvalue weighted by molar-refractivity contribution is 0.0794. The summed E-state index contributed by atoms with van der Waals surface area (Å²) >= 11 is 5.53. The minimum Gasteiger partial charge on any atom is -0.342 e. The quantitative estimate of drug-likeness (QED) is 0.781. The largest absolute Gasteiger partial charge is 0.342 e. The average Bonchev–Trinajstić information content (AvgIpc) is 2.21. The lowest BCUT2D eigenvalue weighted by Gasteiger charge is -2.15. The van der Waals surface area contributed by atoms with Gasteiger partial charge in [-0.1, -0.05) is 18.5 Å². The number of benzene rings is 1. The molecule has 15 heavy (non-hydrogen) atoms. The maximum absolute atomic E-state index is 13.1. The highest BCUT2D eigenvalue weighted by Crippen LogP contribution is 2.16. The molecule has 0 saturated heterocycles. The smallest absolute Gasteiger partial charge is 0.253 e. The van der Waals surface area contributed by atoms with Crippen molar-refractivity contribution in [1.29, 1.82) is 0 Å². The van der Waals surface area contributed by atoms with Crippen LogP contribution in [0.2, 0.25) is 5.02 Å². The maximum Gasteiger partial charge on any atom is 0.253 e. The van der Waals surface area contributed by atoms with Crippen LogP contribution in [0.5, 0.6) is 0 Å². The second-order valence-corrected chi connectivity index (χ2v) is 3.76. The van der Waals surface area contributed by atoms with Crippen LogP contribution in [0.4, 0.5) is 4.39 Å². The Labute approximate surface area is 93.6 Å². The molecule has 1 amide bonds. The van der Waals surface area contributed by atoms with E-state index in [2.05, 4.69) is 0 Å². The average molecular weight is 230 g/mol. The minimum atomic E-state index is -0.563. The minimum absolute atomic E-state index is 0.0321. The molecule has 0 radical (unpaired) electrons. The van der Waals surface area contributed by atoms with Crippen molar-refractivity contribution >= 4 is 17.5 Å². The summed E-state index contributed by atoms with van der Waals surface area (Å²) in [5.41, 5.74) is 0.327. The first-order valence-corrected chi connectivity index (χ1v) is 5.14. The Morgan fingerprint density at radius 1 is 1.53 bits per heavy atom. The SMILES string of the molecule is CCCN(C)C(=O)c1ccc(Cl)c(F)c1. The van der Waals surface area contributed by atoms with E-state index < -0.39 is 5.82 Å². The van der Waals surface area contributed by atoms with E-state index in [0.29, 0.717) is 12.1 Å². The molecule has 1 rings (SSSR count). The topological polar surface area (TPSA) is 20.3 Å². The summed E-state index contributed by atoms with van der Waals surface area (Å²) in [6.07, 6.45) is 0.873. The molecular weight excluding hydrogens is 217 g/mol. The first kappa shape index (κ1) is 12.0. The van der Waals surface area contributed by atoms with Gasteiger partial charge < -0.3 is 4.90 Å².